The molecular formula is C19H20N2O4. The van der Waals surface area contributed by atoms with Crippen molar-refractivity contribution in [2.75, 3.05) is 18.1 Å². The highest BCUT2D eigenvalue weighted by molar-refractivity contribution is 5.98. The Kier molecular flexibility index (Phi) is 4.61. The fraction of sp³-hybridized carbons (Fsp3) is 0.263. The van der Waals surface area contributed by atoms with Gasteiger partial charge in [-0.15, -0.1) is 0 Å². The van der Waals surface area contributed by atoms with Crippen LogP contribution < -0.4 is 20.1 Å². The van der Waals surface area contributed by atoms with Gasteiger partial charge in [0, 0.05) is 0 Å². The zero-order chi connectivity index (χ0) is 18.0. The average molecular weight is 340 g/mol. The van der Waals surface area contributed by atoms with Gasteiger partial charge in [0.1, 0.15) is 11.5 Å². The van der Waals surface area contributed by atoms with Gasteiger partial charge in [-0.25, -0.2) is 0 Å². The van der Waals surface area contributed by atoms with E-state index in [0.29, 0.717) is 17.2 Å². The lowest BCUT2D eigenvalue weighted by atomic mass is 10.1. The number of primary amides is 1. The molecule has 2 amide bonds. The lowest BCUT2D eigenvalue weighted by molar-refractivity contribution is -0.125. The van der Waals surface area contributed by atoms with Crippen molar-refractivity contribution in [3.63, 3.8) is 0 Å². The van der Waals surface area contributed by atoms with Gasteiger partial charge in [-0.3, -0.25) is 9.59 Å². The Bertz CT molecular complexity index is 819. The molecule has 6 nitrogen and oxygen atoms in total. The molecule has 1 atom stereocenters. The van der Waals surface area contributed by atoms with Crippen LogP contribution in [0.1, 0.15) is 11.1 Å². The lowest BCUT2D eigenvalue weighted by Crippen LogP contribution is -2.50. The van der Waals surface area contributed by atoms with Gasteiger partial charge in [0.05, 0.1) is 12.2 Å². The molecule has 3 rings (SSSR count). The van der Waals surface area contributed by atoms with E-state index in [4.69, 9.17) is 15.2 Å². The minimum absolute atomic E-state index is 0.0709. The van der Waals surface area contributed by atoms with Crippen molar-refractivity contribution in [2.45, 2.75) is 20.0 Å². The minimum atomic E-state index is -0.875. The van der Waals surface area contributed by atoms with Gasteiger partial charge in [0.2, 0.25) is 0 Å². The molecule has 0 spiro atoms. The van der Waals surface area contributed by atoms with Crippen LogP contribution in [0.5, 0.6) is 11.5 Å². The van der Waals surface area contributed by atoms with E-state index in [2.05, 4.69) is 0 Å². The van der Waals surface area contributed by atoms with Crippen LogP contribution in [-0.4, -0.2) is 31.1 Å². The Morgan fingerprint density at radius 1 is 1.24 bits per heavy atom. The molecular weight excluding hydrogens is 320 g/mol. The van der Waals surface area contributed by atoms with Gasteiger partial charge in [-0.1, -0.05) is 29.8 Å². The van der Waals surface area contributed by atoms with Crippen LogP contribution in [-0.2, 0) is 9.59 Å². The number of amides is 2. The molecule has 25 heavy (non-hydrogen) atoms. The Morgan fingerprint density at radius 2 is 2.00 bits per heavy atom. The molecule has 0 radical (unpaired) electrons. The highest BCUT2D eigenvalue weighted by atomic mass is 16.5. The maximum absolute atomic E-state index is 12.7. The fourth-order valence-corrected chi connectivity index (χ4v) is 2.80. The van der Waals surface area contributed by atoms with Crippen molar-refractivity contribution in [1.29, 1.82) is 0 Å². The number of hydrogen-bond acceptors (Lipinski definition) is 4. The first-order valence-electron chi connectivity index (χ1n) is 8.01. The van der Waals surface area contributed by atoms with Gasteiger partial charge < -0.3 is 20.1 Å². The summed E-state index contributed by atoms with van der Waals surface area (Å²) in [5.41, 5.74) is 8.05. The topological polar surface area (TPSA) is 81.9 Å². The van der Waals surface area contributed by atoms with E-state index in [0.717, 1.165) is 11.1 Å². The summed E-state index contributed by atoms with van der Waals surface area (Å²) >= 11 is 0. The number of para-hydroxylation sites is 2. The van der Waals surface area contributed by atoms with Gasteiger partial charge in [0.15, 0.2) is 12.7 Å². The monoisotopic (exact) mass is 340 g/mol. The zero-order valence-electron chi connectivity index (χ0n) is 14.2. The second kappa shape index (κ2) is 6.84. The number of fused-ring (bicyclic) bond motifs is 1. The summed E-state index contributed by atoms with van der Waals surface area (Å²) in [5, 5.41) is 0. The van der Waals surface area contributed by atoms with E-state index in [1.807, 2.05) is 32.0 Å². The van der Waals surface area contributed by atoms with E-state index >= 15 is 0 Å². The Labute approximate surface area is 146 Å². The maximum atomic E-state index is 12.7. The van der Waals surface area contributed by atoms with Crippen LogP contribution >= 0.6 is 0 Å². The number of carbonyl (C=O) groups is 2. The molecule has 2 aromatic rings. The smallest absolute Gasteiger partial charge is 0.265 e. The van der Waals surface area contributed by atoms with Crippen molar-refractivity contribution in [1.82, 2.24) is 0 Å². The van der Waals surface area contributed by atoms with Crippen molar-refractivity contribution in [3.05, 3.63) is 53.6 Å². The largest absolute Gasteiger partial charge is 0.483 e. The number of rotatable bonds is 4. The molecule has 6 heteroatoms. The lowest BCUT2D eigenvalue weighted by Gasteiger charge is -2.33. The van der Waals surface area contributed by atoms with Crippen LogP contribution in [0, 0.1) is 13.8 Å². The van der Waals surface area contributed by atoms with Crippen molar-refractivity contribution in [2.24, 2.45) is 5.73 Å². The second-order valence-electron chi connectivity index (χ2n) is 6.04. The van der Waals surface area contributed by atoms with Crippen LogP contribution in [0.3, 0.4) is 0 Å². The highest BCUT2D eigenvalue weighted by Gasteiger charge is 2.32. The highest BCUT2D eigenvalue weighted by Crippen LogP contribution is 2.33. The third kappa shape index (κ3) is 3.57. The number of carbonyl (C=O) groups excluding carboxylic acids is 2. The molecule has 0 saturated heterocycles. The SMILES string of the molecule is Cc1ccc(OCC(=O)N2C[C@H](C(N)=O)Oc3ccccc32)c(C)c1. The van der Waals surface area contributed by atoms with E-state index in [-0.39, 0.29) is 19.1 Å². The molecule has 0 saturated carbocycles. The van der Waals surface area contributed by atoms with Crippen molar-refractivity contribution < 1.29 is 19.1 Å². The van der Waals surface area contributed by atoms with Crippen LogP contribution in [0.25, 0.3) is 0 Å². The number of ether oxygens (including phenoxy) is 2. The number of benzene rings is 2. The van der Waals surface area contributed by atoms with Crippen molar-refractivity contribution >= 4 is 17.5 Å². The van der Waals surface area contributed by atoms with Crippen molar-refractivity contribution in [3.8, 4) is 11.5 Å². The third-order valence-corrected chi connectivity index (χ3v) is 4.07. The van der Waals surface area contributed by atoms with Crippen LogP contribution in [0.2, 0.25) is 0 Å². The van der Waals surface area contributed by atoms with Gasteiger partial charge >= 0.3 is 0 Å². The van der Waals surface area contributed by atoms with E-state index in [1.165, 1.54) is 4.90 Å². The van der Waals surface area contributed by atoms with E-state index < -0.39 is 12.0 Å². The summed E-state index contributed by atoms with van der Waals surface area (Å²) in [6, 6.07) is 12.8. The molecule has 0 unspecified atom stereocenters. The first-order chi connectivity index (χ1) is 12.0. The maximum Gasteiger partial charge on any atom is 0.265 e. The first-order valence-corrected chi connectivity index (χ1v) is 8.01. The number of anilines is 1. The summed E-state index contributed by atoms with van der Waals surface area (Å²) in [7, 11) is 0. The van der Waals surface area contributed by atoms with Gasteiger partial charge in [-0.2, -0.15) is 0 Å². The number of nitrogens with two attached hydrogens (primary N) is 1. The Morgan fingerprint density at radius 3 is 2.72 bits per heavy atom. The van der Waals surface area contributed by atoms with Gasteiger partial charge in [-0.05, 0) is 37.6 Å². The molecule has 0 bridgehead atoms. The molecule has 1 aliphatic rings. The summed E-state index contributed by atoms with van der Waals surface area (Å²) < 4.78 is 11.2. The Hall–Kier alpha value is -3.02. The fourth-order valence-electron chi connectivity index (χ4n) is 2.80. The number of aryl methyl sites for hydroxylation is 2. The summed E-state index contributed by atoms with van der Waals surface area (Å²) in [6.45, 7) is 3.86. The minimum Gasteiger partial charge on any atom is -0.483 e. The quantitative estimate of drug-likeness (QED) is 0.922. The first kappa shape index (κ1) is 16.8. The standard InChI is InChI=1S/C19H20N2O4/c1-12-7-8-15(13(2)9-12)24-11-18(22)21-10-17(19(20)23)25-16-6-4-3-5-14(16)21/h3-9,17H,10-11H2,1-2H3,(H2,20,23)/t17-/m1/s1. The second-order valence-corrected chi connectivity index (χ2v) is 6.04. The van der Waals surface area contributed by atoms with Gasteiger partial charge in [0.25, 0.3) is 11.8 Å². The normalized spacial score (nSPS) is 15.9. The number of hydrogen-bond donors (Lipinski definition) is 1. The molecule has 130 valence electrons. The van der Waals surface area contributed by atoms with Crippen LogP contribution in [0.15, 0.2) is 42.5 Å². The summed E-state index contributed by atoms with van der Waals surface area (Å²) in [5.74, 6) is 0.244. The molecule has 1 heterocycles. The molecule has 1 aliphatic heterocycles. The molecule has 0 fully saturated rings. The molecule has 2 N–H and O–H groups in total. The molecule has 0 aliphatic carbocycles. The number of nitrogens with zero attached hydrogens (tertiary/aromatic N) is 1. The van der Waals surface area contributed by atoms with E-state index in [9.17, 15) is 9.59 Å². The summed E-state index contributed by atoms with van der Waals surface area (Å²) in [6.07, 6.45) is -0.875. The third-order valence-electron chi connectivity index (χ3n) is 4.07. The van der Waals surface area contributed by atoms with Crippen LogP contribution in [0.4, 0.5) is 5.69 Å². The predicted octanol–water partition coefficient (Wildman–Crippen LogP) is 1.96. The molecule has 0 aromatic heterocycles. The summed E-state index contributed by atoms with van der Waals surface area (Å²) in [4.78, 5) is 25.7. The predicted molar refractivity (Wildman–Crippen MR) is 93.8 cm³/mol. The zero-order valence-corrected chi connectivity index (χ0v) is 14.2. The Balaban J connectivity index is 1.77. The van der Waals surface area contributed by atoms with E-state index in [1.54, 1.807) is 24.3 Å². The average Bonchev–Trinajstić information content (AvgIpc) is 2.59. The molecule has 2 aromatic carbocycles.